The molecule has 0 fully saturated rings. The number of aromatic nitrogens is 3. The molecule has 1 N–H and O–H groups in total. The summed E-state index contributed by atoms with van der Waals surface area (Å²) in [6, 6.07) is 5.98. The summed E-state index contributed by atoms with van der Waals surface area (Å²) in [6.07, 6.45) is 2.03. The molecule has 1 heterocycles. The van der Waals surface area contributed by atoms with Crippen molar-refractivity contribution in [2.75, 3.05) is 0 Å². The monoisotopic (exact) mass is 235 g/mol. The number of hydrogen-bond acceptors (Lipinski definition) is 3. The summed E-state index contributed by atoms with van der Waals surface area (Å²) in [5, 5.41) is 17.5. The number of hydrogen-bond donors (Lipinski definition) is 1. The van der Waals surface area contributed by atoms with Gasteiger partial charge in [0.25, 0.3) is 0 Å². The number of benzene rings is 1. The van der Waals surface area contributed by atoms with Crippen LogP contribution < -0.4 is 0 Å². The lowest BCUT2D eigenvalue weighted by atomic mass is 10.0. The van der Waals surface area contributed by atoms with Crippen LogP contribution in [0, 0.1) is 5.82 Å². The zero-order chi connectivity index (χ0) is 12.5. The van der Waals surface area contributed by atoms with Gasteiger partial charge in [0.15, 0.2) is 0 Å². The van der Waals surface area contributed by atoms with Gasteiger partial charge in [-0.2, -0.15) is 0 Å². The number of halogens is 1. The molecule has 0 bridgehead atoms. The lowest BCUT2D eigenvalue weighted by molar-refractivity contribution is 0.0793. The van der Waals surface area contributed by atoms with Gasteiger partial charge in [0.1, 0.15) is 5.82 Å². The summed E-state index contributed by atoms with van der Waals surface area (Å²) in [5.74, 6) is -0.294. The van der Waals surface area contributed by atoms with Crippen molar-refractivity contribution < 1.29 is 9.50 Å². The number of nitrogens with zero attached hydrogens (tertiary/aromatic N) is 3. The molecule has 0 aliphatic carbocycles. The maximum atomic E-state index is 12.8. The van der Waals surface area contributed by atoms with E-state index in [0.717, 1.165) is 11.4 Å². The average molecular weight is 235 g/mol. The predicted molar refractivity (Wildman–Crippen MR) is 61.3 cm³/mol. The van der Waals surface area contributed by atoms with E-state index < -0.39 is 5.60 Å². The molecule has 0 amide bonds. The largest absolute Gasteiger partial charge is 0.390 e. The molecule has 4 nitrogen and oxygen atoms in total. The third-order valence-corrected chi connectivity index (χ3v) is 2.30. The van der Waals surface area contributed by atoms with Gasteiger partial charge in [0.05, 0.1) is 23.2 Å². The lowest BCUT2D eigenvalue weighted by Crippen LogP contribution is -2.23. The summed E-state index contributed by atoms with van der Waals surface area (Å²) < 4.78 is 14.4. The molecular formula is C12H14FN3O. The molecule has 1 aromatic carbocycles. The Hall–Kier alpha value is -1.75. The summed E-state index contributed by atoms with van der Waals surface area (Å²) in [7, 11) is 0. The summed E-state index contributed by atoms with van der Waals surface area (Å²) in [5.41, 5.74) is 0.673. The van der Waals surface area contributed by atoms with E-state index in [1.165, 1.54) is 12.1 Å². The van der Waals surface area contributed by atoms with E-state index >= 15 is 0 Å². The summed E-state index contributed by atoms with van der Waals surface area (Å²) in [4.78, 5) is 0. The molecule has 0 unspecified atom stereocenters. The van der Waals surface area contributed by atoms with E-state index in [9.17, 15) is 9.50 Å². The molecule has 0 saturated carbocycles. The van der Waals surface area contributed by atoms with Gasteiger partial charge in [-0.05, 0) is 38.1 Å². The quantitative estimate of drug-likeness (QED) is 0.881. The zero-order valence-corrected chi connectivity index (χ0v) is 9.76. The molecule has 17 heavy (non-hydrogen) atoms. The third kappa shape index (κ3) is 2.88. The van der Waals surface area contributed by atoms with Crippen LogP contribution >= 0.6 is 0 Å². The van der Waals surface area contributed by atoms with E-state index in [2.05, 4.69) is 10.3 Å². The SMILES string of the molecule is CC(C)(O)Cc1cnnn1-c1ccc(F)cc1. The van der Waals surface area contributed by atoms with E-state index in [-0.39, 0.29) is 5.82 Å². The molecule has 0 radical (unpaired) electrons. The lowest BCUT2D eigenvalue weighted by Gasteiger charge is -2.17. The molecular weight excluding hydrogens is 221 g/mol. The first-order valence-corrected chi connectivity index (χ1v) is 5.34. The Labute approximate surface area is 98.7 Å². The van der Waals surface area contributed by atoms with Crippen molar-refractivity contribution in [2.45, 2.75) is 25.9 Å². The van der Waals surface area contributed by atoms with Crippen LogP contribution in [0.5, 0.6) is 0 Å². The summed E-state index contributed by atoms with van der Waals surface area (Å²) >= 11 is 0. The Kier molecular flexibility index (Phi) is 2.93. The minimum atomic E-state index is -0.834. The van der Waals surface area contributed by atoms with Gasteiger partial charge in [0.2, 0.25) is 0 Å². The Balaban J connectivity index is 2.33. The van der Waals surface area contributed by atoms with E-state index in [1.54, 1.807) is 36.9 Å². The topological polar surface area (TPSA) is 50.9 Å². The highest BCUT2D eigenvalue weighted by atomic mass is 19.1. The zero-order valence-electron chi connectivity index (χ0n) is 9.76. The van der Waals surface area contributed by atoms with Crippen LogP contribution in [-0.4, -0.2) is 25.7 Å². The molecule has 2 aromatic rings. The Morgan fingerprint density at radius 2 is 1.94 bits per heavy atom. The second-order valence-corrected chi connectivity index (χ2v) is 4.60. The second-order valence-electron chi connectivity index (χ2n) is 4.60. The number of rotatable bonds is 3. The highest BCUT2D eigenvalue weighted by Gasteiger charge is 2.17. The predicted octanol–water partition coefficient (Wildman–Crippen LogP) is 1.72. The normalized spacial score (nSPS) is 11.8. The Morgan fingerprint density at radius 3 is 2.53 bits per heavy atom. The van der Waals surface area contributed by atoms with E-state index in [1.807, 2.05) is 0 Å². The van der Waals surface area contributed by atoms with Crippen LogP contribution in [0.25, 0.3) is 5.69 Å². The van der Waals surface area contributed by atoms with Crippen molar-refractivity contribution >= 4 is 0 Å². The van der Waals surface area contributed by atoms with Crippen molar-refractivity contribution in [1.82, 2.24) is 15.0 Å². The van der Waals surface area contributed by atoms with Crippen molar-refractivity contribution in [3.63, 3.8) is 0 Å². The smallest absolute Gasteiger partial charge is 0.123 e. The number of aliphatic hydroxyl groups is 1. The van der Waals surface area contributed by atoms with Gasteiger partial charge in [0, 0.05) is 6.42 Å². The molecule has 1 aromatic heterocycles. The highest BCUT2D eigenvalue weighted by Crippen LogP contribution is 2.15. The Bertz CT molecular complexity index is 499. The van der Waals surface area contributed by atoms with Crippen LogP contribution in [0.2, 0.25) is 0 Å². The molecule has 5 heteroatoms. The molecule has 0 atom stereocenters. The maximum Gasteiger partial charge on any atom is 0.123 e. The fraction of sp³-hybridized carbons (Fsp3) is 0.333. The van der Waals surface area contributed by atoms with Gasteiger partial charge in [-0.25, -0.2) is 9.07 Å². The average Bonchev–Trinajstić information content (AvgIpc) is 2.64. The van der Waals surface area contributed by atoms with Crippen molar-refractivity contribution in [3.05, 3.63) is 42.0 Å². The molecule has 2 rings (SSSR count). The second kappa shape index (κ2) is 4.25. The maximum absolute atomic E-state index is 12.8. The first kappa shape index (κ1) is 11.7. The molecule has 0 saturated heterocycles. The van der Waals surface area contributed by atoms with Gasteiger partial charge >= 0.3 is 0 Å². The van der Waals surface area contributed by atoms with Gasteiger partial charge in [-0.1, -0.05) is 5.21 Å². The fourth-order valence-electron chi connectivity index (χ4n) is 1.62. The minimum absolute atomic E-state index is 0.294. The summed E-state index contributed by atoms with van der Waals surface area (Å²) in [6.45, 7) is 3.43. The van der Waals surface area contributed by atoms with Crippen LogP contribution in [0.1, 0.15) is 19.5 Å². The molecule has 0 spiro atoms. The van der Waals surface area contributed by atoms with Crippen LogP contribution in [0.3, 0.4) is 0 Å². The van der Waals surface area contributed by atoms with Crippen molar-refractivity contribution in [1.29, 1.82) is 0 Å². The molecule has 90 valence electrons. The third-order valence-electron chi connectivity index (χ3n) is 2.30. The minimum Gasteiger partial charge on any atom is -0.390 e. The molecule has 0 aliphatic heterocycles. The van der Waals surface area contributed by atoms with Crippen molar-refractivity contribution in [3.8, 4) is 5.69 Å². The van der Waals surface area contributed by atoms with Gasteiger partial charge < -0.3 is 5.11 Å². The van der Waals surface area contributed by atoms with E-state index in [0.29, 0.717) is 6.42 Å². The fourth-order valence-corrected chi connectivity index (χ4v) is 1.62. The van der Waals surface area contributed by atoms with Crippen LogP contribution in [0.4, 0.5) is 4.39 Å². The van der Waals surface area contributed by atoms with Gasteiger partial charge in [-0.15, -0.1) is 5.10 Å². The Morgan fingerprint density at radius 1 is 1.29 bits per heavy atom. The van der Waals surface area contributed by atoms with Crippen molar-refractivity contribution in [2.24, 2.45) is 0 Å². The standard InChI is InChI=1S/C12H14FN3O/c1-12(2,17)7-11-8-14-15-16(11)10-5-3-9(13)4-6-10/h3-6,8,17H,7H2,1-2H3. The first-order chi connectivity index (χ1) is 7.96. The van der Waals surface area contributed by atoms with E-state index in [4.69, 9.17) is 0 Å². The first-order valence-electron chi connectivity index (χ1n) is 5.34. The highest BCUT2D eigenvalue weighted by molar-refractivity contribution is 5.32. The van der Waals surface area contributed by atoms with Crippen LogP contribution in [-0.2, 0) is 6.42 Å². The van der Waals surface area contributed by atoms with Gasteiger partial charge in [-0.3, -0.25) is 0 Å². The van der Waals surface area contributed by atoms with Crippen LogP contribution in [0.15, 0.2) is 30.5 Å². The molecule has 0 aliphatic rings.